The number of hydrogen-bond acceptors (Lipinski definition) is 4. The van der Waals surface area contributed by atoms with Gasteiger partial charge in [0, 0.05) is 12.0 Å². The van der Waals surface area contributed by atoms with Gasteiger partial charge in [-0.25, -0.2) is 4.79 Å². The minimum absolute atomic E-state index is 0.188. The largest absolute Gasteiger partial charge is 0.504 e. The zero-order chi connectivity index (χ0) is 10.3. The van der Waals surface area contributed by atoms with Crippen LogP contribution in [0.15, 0.2) is 6.07 Å². The molecule has 0 spiro atoms. The third-order valence-electron chi connectivity index (χ3n) is 2.15. The molecule has 1 heterocycles. The molecule has 3 N–H and O–H groups in total. The SMILES string of the molecule is O=C(O)c1cc2c(c(O)c1O)OCC2. The summed E-state index contributed by atoms with van der Waals surface area (Å²) in [5.41, 5.74) is 0.310. The predicted octanol–water partition coefficient (Wildman–Crippen LogP) is 0.731. The first kappa shape index (κ1) is 8.68. The van der Waals surface area contributed by atoms with E-state index >= 15 is 0 Å². The van der Waals surface area contributed by atoms with Gasteiger partial charge in [0.25, 0.3) is 0 Å². The van der Waals surface area contributed by atoms with Crippen LogP contribution in [0.3, 0.4) is 0 Å². The summed E-state index contributed by atoms with van der Waals surface area (Å²) < 4.78 is 5.04. The van der Waals surface area contributed by atoms with Crippen molar-refractivity contribution in [3.05, 3.63) is 17.2 Å². The van der Waals surface area contributed by atoms with Crippen molar-refractivity contribution < 1.29 is 24.9 Å². The lowest BCUT2D eigenvalue weighted by Gasteiger charge is -2.06. The van der Waals surface area contributed by atoms with Crippen molar-refractivity contribution in [1.82, 2.24) is 0 Å². The van der Waals surface area contributed by atoms with E-state index in [1.807, 2.05) is 0 Å². The molecule has 1 aromatic carbocycles. The van der Waals surface area contributed by atoms with E-state index in [9.17, 15) is 15.0 Å². The summed E-state index contributed by atoms with van der Waals surface area (Å²) in [7, 11) is 0. The number of fused-ring (bicyclic) bond motifs is 1. The molecule has 0 saturated carbocycles. The van der Waals surface area contributed by atoms with Gasteiger partial charge in [0.1, 0.15) is 5.56 Å². The summed E-state index contributed by atoms with van der Waals surface area (Å²) in [5.74, 6) is -2.21. The molecule has 0 aliphatic carbocycles. The van der Waals surface area contributed by atoms with Crippen molar-refractivity contribution in [2.24, 2.45) is 0 Å². The zero-order valence-electron chi connectivity index (χ0n) is 7.15. The Morgan fingerprint density at radius 1 is 1.36 bits per heavy atom. The van der Waals surface area contributed by atoms with Gasteiger partial charge in [-0.2, -0.15) is 0 Å². The molecular weight excluding hydrogens is 188 g/mol. The van der Waals surface area contributed by atoms with Gasteiger partial charge in [0.15, 0.2) is 11.5 Å². The second kappa shape index (κ2) is 2.80. The first-order valence-corrected chi connectivity index (χ1v) is 4.05. The van der Waals surface area contributed by atoms with Crippen LogP contribution in [0.25, 0.3) is 0 Å². The van der Waals surface area contributed by atoms with E-state index in [1.165, 1.54) is 6.07 Å². The fourth-order valence-corrected chi connectivity index (χ4v) is 1.47. The maximum Gasteiger partial charge on any atom is 0.339 e. The molecule has 5 nitrogen and oxygen atoms in total. The maximum absolute atomic E-state index is 10.7. The van der Waals surface area contributed by atoms with Gasteiger partial charge in [0.05, 0.1) is 6.61 Å². The first-order chi connectivity index (χ1) is 6.61. The number of aromatic carboxylic acids is 1. The van der Waals surface area contributed by atoms with Gasteiger partial charge in [-0.05, 0) is 6.07 Å². The van der Waals surface area contributed by atoms with Crippen molar-refractivity contribution in [1.29, 1.82) is 0 Å². The average Bonchev–Trinajstić information content (AvgIpc) is 2.58. The van der Waals surface area contributed by atoms with Crippen molar-refractivity contribution in [2.45, 2.75) is 6.42 Å². The third-order valence-corrected chi connectivity index (χ3v) is 2.15. The highest BCUT2D eigenvalue weighted by atomic mass is 16.5. The fourth-order valence-electron chi connectivity index (χ4n) is 1.47. The number of ether oxygens (including phenoxy) is 1. The van der Waals surface area contributed by atoms with E-state index in [0.717, 1.165) is 0 Å². The van der Waals surface area contributed by atoms with Crippen LogP contribution < -0.4 is 4.74 Å². The van der Waals surface area contributed by atoms with Crippen LogP contribution in [0, 0.1) is 0 Å². The molecule has 0 saturated heterocycles. The molecule has 0 fully saturated rings. The minimum Gasteiger partial charge on any atom is -0.504 e. The summed E-state index contributed by atoms with van der Waals surface area (Å²) in [5, 5.41) is 27.4. The third kappa shape index (κ3) is 1.06. The number of phenolic OH excluding ortho intramolecular Hbond substituents is 1. The van der Waals surface area contributed by atoms with Crippen LogP contribution in [0.5, 0.6) is 17.2 Å². The molecule has 74 valence electrons. The van der Waals surface area contributed by atoms with Crippen LogP contribution >= 0.6 is 0 Å². The van der Waals surface area contributed by atoms with E-state index in [-0.39, 0.29) is 11.3 Å². The molecule has 0 unspecified atom stereocenters. The number of hydrogen-bond donors (Lipinski definition) is 3. The van der Waals surface area contributed by atoms with Gasteiger partial charge in [-0.1, -0.05) is 0 Å². The predicted molar refractivity (Wildman–Crippen MR) is 45.9 cm³/mol. The van der Waals surface area contributed by atoms with E-state index in [2.05, 4.69) is 0 Å². The number of rotatable bonds is 1. The molecule has 1 aromatic rings. The molecule has 14 heavy (non-hydrogen) atoms. The zero-order valence-corrected chi connectivity index (χ0v) is 7.15. The molecular formula is C9H8O5. The monoisotopic (exact) mass is 196 g/mol. The van der Waals surface area contributed by atoms with Crippen molar-refractivity contribution in [3.63, 3.8) is 0 Å². The molecule has 0 aromatic heterocycles. The van der Waals surface area contributed by atoms with Crippen molar-refractivity contribution in [2.75, 3.05) is 6.61 Å². The van der Waals surface area contributed by atoms with Crippen LogP contribution in [0.2, 0.25) is 0 Å². The molecule has 0 atom stereocenters. The summed E-state index contributed by atoms with van der Waals surface area (Å²) in [4.78, 5) is 10.7. The molecule has 5 heteroatoms. The molecule has 0 bridgehead atoms. The minimum atomic E-state index is -1.27. The Labute approximate surface area is 79.2 Å². The highest BCUT2D eigenvalue weighted by molar-refractivity contribution is 5.93. The Balaban J connectivity index is 2.67. The second-order valence-corrected chi connectivity index (χ2v) is 3.01. The van der Waals surface area contributed by atoms with Gasteiger partial charge >= 0.3 is 5.97 Å². The Hall–Kier alpha value is -1.91. The Morgan fingerprint density at radius 3 is 2.71 bits per heavy atom. The molecule has 0 radical (unpaired) electrons. The van der Waals surface area contributed by atoms with Gasteiger partial charge < -0.3 is 20.1 Å². The highest BCUT2D eigenvalue weighted by Crippen LogP contribution is 2.43. The number of aromatic hydroxyl groups is 2. The van der Waals surface area contributed by atoms with Crippen LogP contribution in [-0.4, -0.2) is 27.9 Å². The second-order valence-electron chi connectivity index (χ2n) is 3.01. The fraction of sp³-hybridized carbons (Fsp3) is 0.222. The van der Waals surface area contributed by atoms with E-state index in [4.69, 9.17) is 9.84 Å². The van der Waals surface area contributed by atoms with Crippen molar-refractivity contribution in [3.8, 4) is 17.2 Å². The molecule has 0 amide bonds. The molecule has 2 rings (SSSR count). The lowest BCUT2D eigenvalue weighted by atomic mass is 10.1. The maximum atomic E-state index is 10.7. The average molecular weight is 196 g/mol. The van der Waals surface area contributed by atoms with Gasteiger partial charge in [-0.3, -0.25) is 0 Å². The van der Waals surface area contributed by atoms with E-state index in [1.54, 1.807) is 0 Å². The van der Waals surface area contributed by atoms with Crippen molar-refractivity contribution >= 4 is 5.97 Å². The van der Waals surface area contributed by atoms with Crippen LogP contribution in [0.4, 0.5) is 0 Å². The van der Waals surface area contributed by atoms with E-state index in [0.29, 0.717) is 18.6 Å². The topological polar surface area (TPSA) is 87.0 Å². The number of carbonyl (C=O) groups is 1. The number of benzene rings is 1. The smallest absolute Gasteiger partial charge is 0.339 e. The first-order valence-electron chi connectivity index (χ1n) is 4.05. The summed E-state index contributed by atoms with van der Waals surface area (Å²) in [6.07, 6.45) is 0.545. The Bertz CT molecular complexity index is 410. The molecule has 1 aliphatic heterocycles. The normalized spacial score (nSPS) is 13.4. The summed E-state index contributed by atoms with van der Waals surface area (Å²) in [6.45, 7) is 0.394. The van der Waals surface area contributed by atoms with Gasteiger partial charge in [0.2, 0.25) is 5.75 Å². The van der Waals surface area contributed by atoms with Crippen LogP contribution in [-0.2, 0) is 6.42 Å². The Morgan fingerprint density at radius 2 is 2.07 bits per heavy atom. The van der Waals surface area contributed by atoms with Crippen LogP contribution in [0.1, 0.15) is 15.9 Å². The quantitative estimate of drug-likeness (QED) is 0.576. The van der Waals surface area contributed by atoms with E-state index < -0.39 is 17.5 Å². The standard InChI is InChI=1S/C9H8O5/c10-6-5(9(12)13)3-4-1-2-14-8(4)7(6)11/h3,10-11H,1-2H2,(H,12,13). The summed E-state index contributed by atoms with van der Waals surface area (Å²) in [6, 6.07) is 1.32. The summed E-state index contributed by atoms with van der Waals surface area (Å²) >= 11 is 0. The molecule has 1 aliphatic rings. The lowest BCUT2D eigenvalue weighted by molar-refractivity contribution is 0.0693. The highest BCUT2D eigenvalue weighted by Gasteiger charge is 2.24. The number of carboxylic acid groups (broad SMARTS) is 1. The number of carboxylic acids is 1. The lowest BCUT2D eigenvalue weighted by Crippen LogP contribution is -1.98. The van der Waals surface area contributed by atoms with Gasteiger partial charge in [-0.15, -0.1) is 0 Å². The Kier molecular flexibility index (Phi) is 1.73. The number of phenols is 2.